The molecule has 0 aromatic carbocycles. The average molecular weight is 361 g/mol. The number of nitrogens with zero attached hydrogens (tertiary/aromatic N) is 3. The first kappa shape index (κ1) is 18.9. The summed E-state index contributed by atoms with van der Waals surface area (Å²) >= 11 is 0. The summed E-state index contributed by atoms with van der Waals surface area (Å²) in [6.45, 7) is 6.37. The number of terminal acetylenes is 1. The summed E-state index contributed by atoms with van der Waals surface area (Å²) in [5.41, 5.74) is 4.15. The summed E-state index contributed by atoms with van der Waals surface area (Å²) in [5.74, 6) is 5.26. The van der Waals surface area contributed by atoms with E-state index < -0.39 is 0 Å². The molecule has 27 heavy (non-hydrogen) atoms. The van der Waals surface area contributed by atoms with Crippen molar-refractivity contribution in [1.29, 1.82) is 0 Å². The molecule has 0 bridgehead atoms. The minimum absolute atomic E-state index is 0.607. The van der Waals surface area contributed by atoms with E-state index in [1.807, 2.05) is 13.0 Å². The predicted molar refractivity (Wildman–Crippen MR) is 111 cm³/mol. The third-order valence-corrected chi connectivity index (χ3v) is 4.70. The molecular formula is C22H27N5. The second-order valence-electron chi connectivity index (χ2n) is 7.17. The summed E-state index contributed by atoms with van der Waals surface area (Å²) in [4.78, 5) is 9.05. The number of H-pyrrole nitrogens is 1. The molecular weight excluding hydrogens is 334 g/mol. The SMILES string of the molecule is C#Cc1cnc(/C(C)=C/C=C(\C)CCCC)nc1Nc1cc(C2CC2)[nH]n1. The van der Waals surface area contributed by atoms with Crippen LogP contribution in [0.4, 0.5) is 11.6 Å². The van der Waals surface area contributed by atoms with Gasteiger partial charge in [-0.3, -0.25) is 5.10 Å². The van der Waals surface area contributed by atoms with E-state index in [1.165, 1.54) is 31.3 Å². The van der Waals surface area contributed by atoms with Gasteiger partial charge in [0, 0.05) is 23.9 Å². The normalized spacial score (nSPS) is 14.9. The van der Waals surface area contributed by atoms with Crippen molar-refractivity contribution >= 4 is 17.2 Å². The number of allylic oxidation sites excluding steroid dienone is 4. The van der Waals surface area contributed by atoms with Gasteiger partial charge in [-0.1, -0.05) is 37.0 Å². The monoisotopic (exact) mass is 361 g/mol. The van der Waals surface area contributed by atoms with Gasteiger partial charge in [-0.05, 0) is 45.1 Å². The van der Waals surface area contributed by atoms with Gasteiger partial charge in [-0.25, -0.2) is 9.97 Å². The van der Waals surface area contributed by atoms with Crippen molar-refractivity contribution in [2.75, 3.05) is 5.32 Å². The molecule has 1 aliphatic rings. The fraction of sp³-hybridized carbons (Fsp3) is 0.409. The van der Waals surface area contributed by atoms with Crippen LogP contribution in [0.25, 0.3) is 5.57 Å². The summed E-state index contributed by atoms with van der Waals surface area (Å²) in [7, 11) is 0. The van der Waals surface area contributed by atoms with Crippen LogP contribution in [0.2, 0.25) is 0 Å². The molecule has 5 heteroatoms. The van der Waals surface area contributed by atoms with Gasteiger partial charge < -0.3 is 5.32 Å². The number of rotatable bonds is 8. The van der Waals surface area contributed by atoms with Crippen LogP contribution in [0.5, 0.6) is 0 Å². The number of aromatic nitrogens is 4. The number of nitrogens with one attached hydrogen (secondary N) is 2. The van der Waals surface area contributed by atoms with Gasteiger partial charge in [0.1, 0.15) is 0 Å². The number of anilines is 2. The second kappa shape index (κ2) is 8.68. The minimum Gasteiger partial charge on any atom is -0.322 e. The van der Waals surface area contributed by atoms with Crippen LogP contribution in [0.1, 0.15) is 75.9 Å². The molecule has 0 saturated heterocycles. The van der Waals surface area contributed by atoms with Gasteiger partial charge in [0.05, 0.1) is 5.56 Å². The summed E-state index contributed by atoms with van der Waals surface area (Å²) in [6, 6.07) is 2.03. The van der Waals surface area contributed by atoms with Gasteiger partial charge in [0.25, 0.3) is 0 Å². The van der Waals surface area contributed by atoms with E-state index in [4.69, 9.17) is 6.42 Å². The van der Waals surface area contributed by atoms with Crippen molar-refractivity contribution in [2.24, 2.45) is 0 Å². The van der Waals surface area contributed by atoms with Crippen molar-refractivity contribution in [3.63, 3.8) is 0 Å². The quantitative estimate of drug-likeness (QED) is 0.492. The Morgan fingerprint density at radius 2 is 2.19 bits per heavy atom. The molecule has 2 aromatic heterocycles. The summed E-state index contributed by atoms with van der Waals surface area (Å²) < 4.78 is 0. The summed E-state index contributed by atoms with van der Waals surface area (Å²) in [6.07, 6.45) is 17.5. The molecule has 0 aliphatic heterocycles. The van der Waals surface area contributed by atoms with Crippen molar-refractivity contribution in [3.8, 4) is 12.3 Å². The van der Waals surface area contributed by atoms with Crippen LogP contribution >= 0.6 is 0 Å². The van der Waals surface area contributed by atoms with Gasteiger partial charge in [0.2, 0.25) is 0 Å². The molecule has 0 radical (unpaired) electrons. The Balaban J connectivity index is 1.78. The van der Waals surface area contributed by atoms with Crippen LogP contribution in [0, 0.1) is 12.3 Å². The zero-order chi connectivity index (χ0) is 19.2. The Kier molecular flexibility index (Phi) is 6.08. The Morgan fingerprint density at radius 3 is 2.89 bits per heavy atom. The van der Waals surface area contributed by atoms with Crippen LogP contribution in [0.15, 0.2) is 30.0 Å². The van der Waals surface area contributed by atoms with E-state index >= 15 is 0 Å². The zero-order valence-electron chi connectivity index (χ0n) is 16.3. The van der Waals surface area contributed by atoms with Gasteiger partial charge in [0.15, 0.2) is 17.5 Å². The van der Waals surface area contributed by atoms with E-state index in [1.54, 1.807) is 6.20 Å². The Hall–Kier alpha value is -2.87. The summed E-state index contributed by atoms with van der Waals surface area (Å²) in [5, 5.41) is 10.6. The van der Waals surface area contributed by atoms with Crippen LogP contribution in [0.3, 0.4) is 0 Å². The molecule has 2 heterocycles. The molecule has 2 aromatic rings. The molecule has 2 N–H and O–H groups in total. The average Bonchev–Trinajstić information content (AvgIpc) is 3.43. The Bertz CT molecular complexity index is 894. The first-order chi connectivity index (χ1) is 13.1. The van der Waals surface area contributed by atoms with Crippen LogP contribution in [-0.4, -0.2) is 20.2 Å². The Labute approximate surface area is 161 Å². The molecule has 0 spiro atoms. The second-order valence-corrected chi connectivity index (χ2v) is 7.17. The highest BCUT2D eigenvalue weighted by atomic mass is 15.2. The smallest absolute Gasteiger partial charge is 0.157 e. The van der Waals surface area contributed by atoms with Crippen molar-refractivity contribution < 1.29 is 0 Å². The number of hydrogen-bond acceptors (Lipinski definition) is 4. The fourth-order valence-electron chi connectivity index (χ4n) is 2.78. The number of unbranched alkanes of at least 4 members (excludes halogenated alkanes) is 1. The predicted octanol–water partition coefficient (Wildman–Crippen LogP) is 5.34. The van der Waals surface area contributed by atoms with E-state index in [0.717, 1.165) is 23.5 Å². The maximum Gasteiger partial charge on any atom is 0.157 e. The molecule has 3 rings (SSSR count). The van der Waals surface area contributed by atoms with E-state index in [0.29, 0.717) is 23.1 Å². The van der Waals surface area contributed by atoms with E-state index in [2.05, 4.69) is 57.4 Å². The fourth-order valence-corrected chi connectivity index (χ4v) is 2.78. The highest BCUT2D eigenvalue weighted by Crippen LogP contribution is 2.39. The van der Waals surface area contributed by atoms with Crippen LogP contribution < -0.4 is 5.32 Å². The molecule has 0 amide bonds. The lowest BCUT2D eigenvalue weighted by atomic mass is 10.1. The molecule has 140 valence electrons. The van der Waals surface area contributed by atoms with Gasteiger partial charge in [-0.2, -0.15) is 5.10 Å². The van der Waals surface area contributed by atoms with E-state index in [9.17, 15) is 0 Å². The molecule has 1 aliphatic carbocycles. The standard InChI is InChI=1S/C22H27N5/c1-5-7-8-15(3)9-10-16(4)21-23-14-17(6-2)22(25-21)24-20-13-19(26-27-20)18-11-12-18/h2,9-10,13-14,18H,5,7-8,11-12H2,1,3-4H3,(H2,23,24,25,26,27)/b15-9+,16-10+. The topological polar surface area (TPSA) is 66.5 Å². The molecule has 0 unspecified atom stereocenters. The van der Waals surface area contributed by atoms with E-state index in [-0.39, 0.29) is 0 Å². The third kappa shape index (κ3) is 5.07. The third-order valence-electron chi connectivity index (χ3n) is 4.70. The molecule has 1 saturated carbocycles. The highest BCUT2D eigenvalue weighted by Gasteiger charge is 2.25. The maximum absolute atomic E-state index is 5.62. The lowest BCUT2D eigenvalue weighted by molar-refractivity contribution is 0.787. The largest absolute Gasteiger partial charge is 0.322 e. The van der Waals surface area contributed by atoms with Gasteiger partial charge >= 0.3 is 0 Å². The molecule has 0 atom stereocenters. The lowest BCUT2D eigenvalue weighted by Gasteiger charge is -2.07. The number of hydrogen-bond donors (Lipinski definition) is 2. The maximum atomic E-state index is 5.62. The number of aromatic amines is 1. The van der Waals surface area contributed by atoms with Gasteiger partial charge in [-0.15, -0.1) is 6.42 Å². The van der Waals surface area contributed by atoms with Crippen LogP contribution in [-0.2, 0) is 0 Å². The lowest BCUT2D eigenvalue weighted by Crippen LogP contribution is -2.02. The van der Waals surface area contributed by atoms with Crippen molar-refractivity contribution in [1.82, 2.24) is 20.2 Å². The van der Waals surface area contributed by atoms with Crippen molar-refractivity contribution in [3.05, 3.63) is 47.1 Å². The Morgan fingerprint density at radius 1 is 1.37 bits per heavy atom. The zero-order valence-corrected chi connectivity index (χ0v) is 16.3. The first-order valence-corrected chi connectivity index (χ1v) is 9.61. The molecule has 1 fully saturated rings. The first-order valence-electron chi connectivity index (χ1n) is 9.61. The minimum atomic E-state index is 0.607. The molecule has 5 nitrogen and oxygen atoms in total. The van der Waals surface area contributed by atoms with Crippen molar-refractivity contribution in [2.45, 2.75) is 58.8 Å². The highest BCUT2D eigenvalue weighted by molar-refractivity contribution is 5.65.